The average molecular weight is 533 g/mol. The molecule has 0 saturated heterocycles. The smallest absolute Gasteiger partial charge is 0.343 e. The zero-order valence-corrected chi connectivity index (χ0v) is 18.7. The molecule has 1 amide bonds. The maximum atomic E-state index is 12.2. The van der Waals surface area contributed by atoms with Gasteiger partial charge in [0.2, 0.25) is 0 Å². The van der Waals surface area contributed by atoms with Crippen LogP contribution in [-0.4, -0.2) is 46.0 Å². The topological polar surface area (TPSA) is 95.5 Å². The molecule has 29 heavy (non-hydrogen) atoms. The molecule has 0 atom stereocenters. The van der Waals surface area contributed by atoms with Gasteiger partial charge >= 0.3 is 5.97 Å². The molecule has 0 bridgehead atoms. The maximum absolute atomic E-state index is 12.2. The Labute approximate surface area is 186 Å². The highest BCUT2D eigenvalue weighted by atomic mass is 127. The second-order valence-corrected chi connectivity index (χ2v) is 7.02. The zero-order valence-electron chi connectivity index (χ0n) is 15.8. The number of nitrogens with one attached hydrogen (secondary N) is 1. The predicted octanol–water partition coefficient (Wildman–Crippen LogP) is 3.28. The third kappa shape index (κ3) is 6.23. The molecule has 154 valence electrons. The number of ether oxygens (including phenoxy) is 4. The standard InChI is InChI=1S/C19H18ClIN2O6/c1-26-15-8-12(4-5-14(15)21)19(25)23-22-9-11-6-13(20)18(16(7-11)27-2)29-10-17(24)28-3/h4-9H,10H2,1-3H3,(H,23,25)/b22-9-. The number of amides is 1. The van der Waals surface area contributed by atoms with Gasteiger partial charge in [-0.15, -0.1) is 0 Å². The van der Waals surface area contributed by atoms with Crippen LogP contribution in [0, 0.1) is 3.57 Å². The summed E-state index contributed by atoms with van der Waals surface area (Å²) in [5, 5.41) is 4.14. The van der Waals surface area contributed by atoms with Crippen molar-refractivity contribution in [3.8, 4) is 17.2 Å². The molecule has 1 N–H and O–H groups in total. The van der Waals surface area contributed by atoms with E-state index >= 15 is 0 Å². The number of halogens is 2. The van der Waals surface area contributed by atoms with E-state index < -0.39 is 11.9 Å². The fourth-order valence-electron chi connectivity index (χ4n) is 2.18. The van der Waals surface area contributed by atoms with E-state index in [0.29, 0.717) is 22.6 Å². The SMILES string of the molecule is COC(=O)COc1c(Cl)cc(/C=N\NC(=O)c2ccc(I)c(OC)c2)cc1OC. The number of hydrazone groups is 1. The molecule has 2 aromatic carbocycles. The van der Waals surface area contributed by atoms with Crippen LogP contribution in [0.25, 0.3) is 0 Å². The summed E-state index contributed by atoms with van der Waals surface area (Å²) in [5.41, 5.74) is 3.39. The number of carbonyl (C=O) groups is 2. The van der Waals surface area contributed by atoms with E-state index in [9.17, 15) is 9.59 Å². The Bertz CT molecular complexity index is 935. The number of hydrogen-bond acceptors (Lipinski definition) is 7. The number of rotatable bonds is 8. The van der Waals surface area contributed by atoms with Crippen LogP contribution in [0.1, 0.15) is 15.9 Å². The molecular formula is C19H18ClIN2O6. The summed E-state index contributed by atoms with van der Waals surface area (Å²) in [7, 11) is 4.22. The summed E-state index contributed by atoms with van der Waals surface area (Å²) < 4.78 is 21.2. The summed E-state index contributed by atoms with van der Waals surface area (Å²) >= 11 is 8.32. The lowest BCUT2D eigenvalue weighted by Gasteiger charge is -2.12. The van der Waals surface area contributed by atoms with Gasteiger partial charge in [0.15, 0.2) is 18.1 Å². The summed E-state index contributed by atoms with van der Waals surface area (Å²) in [4.78, 5) is 23.5. The summed E-state index contributed by atoms with van der Waals surface area (Å²) in [6.07, 6.45) is 1.40. The van der Waals surface area contributed by atoms with Gasteiger partial charge in [-0.1, -0.05) is 11.6 Å². The summed E-state index contributed by atoms with van der Waals surface area (Å²) in [6, 6.07) is 8.22. The minimum atomic E-state index is -0.552. The van der Waals surface area contributed by atoms with E-state index in [2.05, 4.69) is 37.9 Å². The fourth-order valence-corrected chi connectivity index (χ4v) is 3.00. The first-order chi connectivity index (χ1) is 13.9. The summed E-state index contributed by atoms with van der Waals surface area (Å²) in [6.45, 7) is -0.310. The van der Waals surface area contributed by atoms with Crippen LogP contribution in [0.5, 0.6) is 17.2 Å². The third-order valence-corrected chi connectivity index (χ3v) is 4.78. The average Bonchev–Trinajstić information content (AvgIpc) is 2.72. The van der Waals surface area contributed by atoms with Crippen molar-refractivity contribution in [1.29, 1.82) is 0 Å². The van der Waals surface area contributed by atoms with Crippen molar-refractivity contribution in [3.63, 3.8) is 0 Å². The number of nitrogens with zero attached hydrogens (tertiary/aromatic N) is 1. The number of esters is 1. The molecule has 2 rings (SSSR count). The Hall–Kier alpha value is -2.53. The van der Waals surface area contributed by atoms with Gasteiger partial charge in [0.25, 0.3) is 5.91 Å². The van der Waals surface area contributed by atoms with Gasteiger partial charge in [-0.2, -0.15) is 5.10 Å². The van der Waals surface area contributed by atoms with Crippen LogP contribution < -0.4 is 19.6 Å². The second-order valence-electron chi connectivity index (χ2n) is 5.45. The molecule has 0 heterocycles. The van der Waals surface area contributed by atoms with Crippen molar-refractivity contribution >= 4 is 52.3 Å². The molecule has 2 aromatic rings. The van der Waals surface area contributed by atoms with Crippen LogP contribution in [-0.2, 0) is 9.53 Å². The quantitative estimate of drug-likeness (QED) is 0.243. The lowest BCUT2D eigenvalue weighted by Crippen LogP contribution is -2.17. The van der Waals surface area contributed by atoms with Crippen LogP contribution >= 0.6 is 34.2 Å². The van der Waals surface area contributed by atoms with Crippen molar-refractivity contribution in [2.45, 2.75) is 0 Å². The molecule has 0 unspecified atom stereocenters. The highest BCUT2D eigenvalue weighted by molar-refractivity contribution is 14.1. The first kappa shape index (κ1) is 22.8. The first-order valence-corrected chi connectivity index (χ1v) is 9.59. The number of methoxy groups -OCH3 is 3. The van der Waals surface area contributed by atoms with Crippen LogP contribution in [0.15, 0.2) is 35.4 Å². The first-order valence-electron chi connectivity index (χ1n) is 8.13. The number of carbonyl (C=O) groups excluding carboxylic acids is 2. The molecule has 0 radical (unpaired) electrons. The van der Waals surface area contributed by atoms with Gasteiger partial charge in [0.05, 0.1) is 36.1 Å². The van der Waals surface area contributed by atoms with Crippen LogP contribution in [0.3, 0.4) is 0 Å². The Balaban J connectivity index is 2.11. The highest BCUT2D eigenvalue weighted by Gasteiger charge is 2.14. The molecule has 0 aromatic heterocycles. The van der Waals surface area contributed by atoms with E-state index in [1.807, 2.05) is 0 Å². The number of benzene rings is 2. The van der Waals surface area contributed by atoms with Gasteiger partial charge < -0.3 is 18.9 Å². The van der Waals surface area contributed by atoms with E-state index in [0.717, 1.165) is 3.57 Å². The van der Waals surface area contributed by atoms with Crippen LogP contribution in [0.2, 0.25) is 5.02 Å². The Morgan fingerprint density at radius 3 is 2.52 bits per heavy atom. The molecule has 0 aliphatic rings. The molecular weight excluding hydrogens is 515 g/mol. The molecule has 10 heteroatoms. The Morgan fingerprint density at radius 2 is 1.86 bits per heavy atom. The van der Waals surface area contributed by atoms with E-state index in [1.165, 1.54) is 27.5 Å². The molecule has 8 nitrogen and oxygen atoms in total. The van der Waals surface area contributed by atoms with E-state index in [4.69, 9.17) is 25.8 Å². The molecule has 0 aliphatic carbocycles. The van der Waals surface area contributed by atoms with Gasteiger partial charge in [-0.25, -0.2) is 10.2 Å². The third-order valence-electron chi connectivity index (χ3n) is 3.61. The molecule has 0 aliphatic heterocycles. The molecule has 0 saturated carbocycles. The zero-order chi connectivity index (χ0) is 21.4. The maximum Gasteiger partial charge on any atom is 0.343 e. The van der Waals surface area contributed by atoms with Crippen molar-refractivity contribution in [2.75, 3.05) is 27.9 Å². The largest absolute Gasteiger partial charge is 0.496 e. The predicted molar refractivity (Wildman–Crippen MR) is 116 cm³/mol. The van der Waals surface area contributed by atoms with Crippen molar-refractivity contribution < 1.29 is 28.5 Å². The highest BCUT2D eigenvalue weighted by Crippen LogP contribution is 2.36. The van der Waals surface area contributed by atoms with Gasteiger partial charge in [-0.3, -0.25) is 4.79 Å². The lowest BCUT2D eigenvalue weighted by atomic mass is 10.2. The molecule has 0 spiro atoms. The van der Waals surface area contributed by atoms with E-state index in [1.54, 1.807) is 30.3 Å². The van der Waals surface area contributed by atoms with Crippen LogP contribution in [0.4, 0.5) is 0 Å². The Morgan fingerprint density at radius 1 is 1.14 bits per heavy atom. The minimum absolute atomic E-state index is 0.201. The van der Waals surface area contributed by atoms with E-state index in [-0.39, 0.29) is 17.4 Å². The fraction of sp³-hybridized carbons (Fsp3) is 0.211. The van der Waals surface area contributed by atoms with Crippen molar-refractivity contribution in [3.05, 3.63) is 50.1 Å². The Kier molecular flexibility index (Phi) is 8.52. The minimum Gasteiger partial charge on any atom is -0.496 e. The second kappa shape index (κ2) is 10.9. The number of hydrogen-bond donors (Lipinski definition) is 1. The molecule has 0 fully saturated rings. The van der Waals surface area contributed by atoms with Gasteiger partial charge in [-0.05, 0) is 58.5 Å². The van der Waals surface area contributed by atoms with Crippen molar-refractivity contribution in [1.82, 2.24) is 5.43 Å². The summed E-state index contributed by atoms with van der Waals surface area (Å²) in [5.74, 6) is 0.153. The van der Waals surface area contributed by atoms with Gasteiger partial charge in [0.1, 0.15) is 5.75 Å². The van der Waals surface area contributed by atoms with Gasteiger partial charge in [0, 0.05) is 5.56 Å². The monoisotopic (exact) mass is 532 g/mol. The normalized spacial score (nSPS) is 10.5. The lowest BCUT2D eigenvalue weighted by molar-refractivity contribution is -0.142. The van der Waals surface area contributed by atoms with Crippen molar-refractivity contribution in [2.24, 2.45) is 5.10 Å².